The first-order valence-corrected chi connectivity index (χ1v) is 9.65. The smallest absolute Gasteiger partial charge is 0.326 e. The molecule has 11 heteroatoms. The van der Waals surface area contributed by atoms with Gasteiger partial charge in [-0.15, -0.1) is 0 Å². The minimum absolute atomic E-state index is 0.136. The van der Waals surface area contributed by atoms with Gasteiger partial charge >= 0.3 is 11.9 Å². The van der Waals surface area contributed by atoms with Crippen LogP contribution < -0.4 is 22.1 Å². The fourth-order valence-electron chi connectivity index (χ4n) is 2.64. The van der Waals surface area contributed by atoms with Crippen LogP contribution in [0.4, 0.5) is 0 Å². The van der Waals surface area contributed by atoms with E-state index in [1.54, 1.807) is 0 Å². The third kappa shape index (κ3) is 12.0. The Morgan fingerprint density at radius 3 is 2.00 bits per heavy atom. The summed E-state index contributed by atoms with van der Waals surface area (Å²) in [6.07, 6.45) is 1.01. The molecule has 0 aromatic carbocycles. The molecule has 0 bridgehead atoms. The van der Waals surface area contributed by atoms with Gasteiger partial charge in [-0.2, -0.15) is 0 Å². The van der Waals surface area contributed by atoms with Crippen LogP contribution in [-0.2, 0) is 19.2 Å². The van der Waals surface area contributed by atoms with E-state index in [4.69, 9.17) is 16.6 Å². The Balaban J connectivity index is 4.47. The van der Waals surface area contributed by atoms with Gasteiger partial charge in [0, 0.05) is 6.42 Å². The van der Waals surface area contributed by atoms with Crippen molar-refractivity contribution in [2.75, 3.05) is 6.61 Å². The third-order valence-electron chi connectivity index (χ3n) is 4.31. The molecule has 0 aromatic rings. The largest absolute Gasteiger partial charge is 0.480 e. The molecular weight excluding hydrogens is 384 g/mol. The van der Waals surface area contributed by atoms with Gasteiger partial charge in [0.25, 0.3) is 0 Å². The lowest BCUT2D eigenvalue weighted by Gasteiger charge is -2.20. The van der Waals surface area contributed by atoms with Gasteiger partial charge < -0.3 is 37.4 Å². The normalized spacial score (nSPS) is 15.2. The second kappa shape index (κ2) is 13.9. The number of nitrogens with one attached hydrogen (secondary N) is 2. The van der Waals surface area contributed by atoms with Crippen LogP contribution in [0.5, 0.6) is 0 Å². The van der Waals surface area contributed by atoms with E-state index in [9.17, 15) is 29.4 Å². The number of hydrogen-bond donors (Lipinski definition) is 7. The quantitative estimate of drug-likeness (QED) is 0.170. The number of carbonyl (C=O) groups is 4. The van der Waals surface area contributed by atoms with E-state index in [0.717, 1.165) is 0 Å². The van der Waals surface area contributed by atoms with Gasteiger partial charge in [-0.1, -0.05) is 13.8 Å². The number of hydrogen-bond acceptors (Lipinski definition) is 7. The Kier molecular flexibility index (Phi) is 12.8. The molecule has 4 atom stereocenters. The van der Waals surface area contributed by atoms with Crippen molar-refractivity contribution < 1.29 is 34.5 Å². The molecule has 168 valence electrons. The molecule has 0 rings (SSSR count). The lowest BCUT2D eigenvalue weighted by molar-refractivity contribution is -0.142. The number of carboxylic acid groups (broad SMARTS) is 2. The topological polar surface area (TPSA) is 205 Å². The summed E-state index contributed by atoms with van der Waals surface area (Å²) >= 11 is 0. The van der Waals surface area contributed by atoms with Gasteiger partial charge in [-0.05, 0) is 38.0 Å². The van der Waals surface area contributed by atoms with Gasteiger partial charge in [-0.25, -0.2) is 4.79 Å². The highest BCUT2D eigenvalue weighted by Gasteiger charge is 2.25. The summed E-state index contributed by atoms with van der Waals surface area (Å²) in [5, 5.41) is 32.2. The highest BCUT2D eigenvalue weighted by atomic mass is 16.4. The van der Waals surface area contributed by atoms with Crippen LogP contribution in [0, 0.1) is 5.92 Å². The zero-order valence-electron chi connectivity index (χ0n) is 17.0. The maximum absolute atomic E-state index is 12.0. The maximum atomic E-state index is 12.0. The molecule has 9 N–H and O–H groups in total. The summed E-state index contributed by atoms with van der Waals surface area (Å²) in [4.78, 5) is 46.0. The first-order chi connectivity index (χ1) is 13.5. The molecule has 0 fully saturated rings. The molecule has 0 saturated heterocycles. The second-order valence-electron chi connectivity index (χ2n) is 7.50. The van der Waals surface area contributed by atoms with Gasteiger partial charge in [0.2, 0.25) is 11.8 Å². The fourth-order valence-corrected chi connectivity index (χ4v) is 2.64. The van der Waals surface area contributed by atoms with Crippen LogP contribution >= 0.6 is 0 Å². The Morgan fingerprint density at radius 1 is 0.897 bits per heavy atom. The molecule has 0 aliphatic rings. The lowest BCUT2D eigenvalue weighted by Crippen LogP contribution is -2.49. The zero-order chi connectivity index (χ0) is 22.6. The lowest BCUT2D eigenvalue weighted by atomic mass is 10.0. The molecule has 29 heavy (non-hydrogen) atoms. The number of carbonyl (C=O) groups excluding carboxylic acids is 2. The van der Waals surface area contributed by atoms with Crippen molar-refractivity contribution in [3.05, 3.63) is 0 Å². The second-order valence-corrected chi connectivity index (χ2v) is 7.50. The highest BCUT2D eigenvalue weighted by molar-refractivity contribution is 5.87. The van der Waals surface area contributed by atoms with Crippen molar-refractivity contribution >= 4 is 23.8 Å². The van der Waals surface area contributed by atoms with Crippen molar-refractivity contribution in [2.45, 2.75) is 76.5 Å². The molecule has 0 aliphatic heterocycles. The molecule has 0 radical (unpaired) electrons. The van der Waals surface area contributed by atoms with E-state index >= 15 is 0 Å². The number of nitrogens with two attached hydrogens (primary N) is 2. The van der Waals surface area contributed by atoms with E-state index in [0.29, 0.717) is 19.3 Å². The Labute approximate surface area is 170 Å². The first-order valence-electron chi connectivity index (χ1n) is 9.65. The standard InChI is InChI=1S/C18H34N4O7/c1-10(2)8-13(20)16(25)22-14(18(28)29)6-7-15(24)21-11(9-23)4-3-5-12(19)17(26)27/h10-14,23H,3-9,19-20H2,1-2H3,(H,21,24)(H,22,25)(H,26,27)(H,28,29). The predicted octanol–water partition coefficient (Wildman–Crippen LogP) is -1.23. The highest BCUT2D eigenvalue weighted by Crippen LogP contribution is 2.07. The molecule has 0 saturated carbocycles. The predicted molar refractivity (Wildman–Crippen MR) is 105 cm³/mol. The van der Waals surface area contributed by atoms with Crippen LogP contribution in [0.3, 0.4) is 0 Å². The van der Waals surface area contributed by atoms with E-state index in [-0.39, 0.29) is 31.8 Å². The monoisotopic (exact) mass is 418 g/mol. The summed E-state index contributed by atoms with van der Waals surface area (Å²) < 4.78 is 0. The van der Waals surface area contributed by atoms with E-state index in [1.807, 2.05) is 13.8 Å². The number of amides is 2. The molecule has 0 aliphatic carbocycles. The van der Waals surface area contributed by atoms with Crippen LogP contribution in [-0.4, -0.2) is 69.8 Å². The van der Waals surface area contributed by atoms with Crippen molar-refractivity contribution in [3.8, 4) is 0 Å². The minimum Gasteiger partial charge on any atom is -0.480 e. The average molecular weight is 418 g/mol. The number of aliphatic carboxylic acids is 2. The summed E-state index contributed by atoms with van der Waals surface area (Å²) in [6, 6.07) is -3.69. The Hall–Kier alpha value is -2.24. The molecule has 0 aromatic heterocycles. The Bertz CT molecular complexity index is 556. The van der Waals surface area contributed by atoms with Crippen molar-refractivity contribution in [2.24, 2.45) is 17.4 Å². The van der Waals surface area contributed by atoms with Crippen LogP contribution in [0.1, 0.15) is 52.4 Å². The summed E-state index contributed by atoms with van der Waals surface area (Å²) in [7, 11) is 0. The van der Waals surface area contributed by atoms with E-state index < -0.39 is 47.9 Å². The molecule has 11 nitrogen and oxygen atoms in total. The summed E-state index contributed by atoms with van der Waals surface area (Å²) in [5.41, 5.74) is 11.1. The SMILES string of the molecule is CC(C)CC(N)C(=O)NC(CCC(=O)NC(CO)CCCC(N)C(=O)O)C(=O)O. The molecule has 4 unspecified atom stereocenters. The van der Waals surface area contributed by atoms with Gasteiger partial charge in [0.05, 0.1) is 18.7 Å². The molecule has 0 heterocycles. The summed E-state index contributed by atoms with van der Waals surface area (Å²) in [6.45, 7) is 3.43. The van der Waals surface area contributed by atoms with Crippen LogP contribution in [0.15, 0.2) is 0 Å². The van der Waals surface area contributed by atoms with Gasteiger partial charge in [0.1, 0.15) is 12.1 Å². The Morgan fingerprint density at radius 2 is 1.52 bits per heavy atom. The van der Waals surface area contributed by atoms with Crippen molar-refractivity contribution in [3.63, 3.8) is 0 Å². The first kappa shape index (κ1) is 26.8. The zero-order valence-corrected chi connectivity index (χ0v) is 17.0. The number of rotatable bonds is 15. The molecule has 2 amide bonds. The number of aliphatic hydroxyl groups excluding tert-OH is 1. The minimum atomic E-state index is -1.27. The van der Waals surface area contributed by atoms with Crippen molar-refractivity contribution in [1.29, 1.82) is 0 Å². The average Bonchev–Trinajstić information content (AvgIpc) is 2.62. The number of aliphatic hydroxyl groups is 1. The van der Waals surface area contributed by atoms with Gasteiger partial charge in [0.15, 0.2) is 0 Å². The number of carboxylic acids is 2. The molecule has 0 spiro atoms. The third-order valence-corrected chi connectivity index (χ3v) is 4.31. The van der Waals surface area contributed by atoms with Crippen LogP contribution in [0.25, 0.3) is 0 Å². The van der Waals surface area contributed by atoms with E-state index in [2.05, 4.69) is 10.6 Å². The summed E-state index contributed by atoms with van der Waals surface area (Å²) in [5.74, 6) is -3.30. The fraction of sp³-hybridized carbons (Fsp3) is 0.778. The maximum Gasteiger partial charge on any atom is 0.326 e. The molecular formula is C18H34N4O7. The van der Waals surface area contributed by atoms with E-state index in [1.165, 1.54) is 0 Å². The van der Waals surface area contributed by atoms with Crippen molar-refractivity contribution in [1.82, 2.24) is 10.6 Å². The van der Waals surface area contributed by atoms with Gasteiger partial charge in [-0.3, -0.25) is 14.4 Å². The van der Waals surface area contributed by atoms with Crippen LogP contribution in [0.2, 0.25) is 0 Å².